The predicted octanol–water partition coefficient (Wildman–Crippen LogP) is 7.13. The molecule has 0 aliphatic heterocycles. The first kappa shape index (κ1) is 35.3. The van der Waals surface area contributed by atoms with Crippen LogP contribution in [0.15, 0.2) is 103 Å². The van der Waals surface area contributed by atoms with Gasteiger partial charge in [-0.05, 0) is 65.6 Å². The minimum Gasteiger partial charge on any atom is -1.00 e. The maximum Gasteiger partial charge on any atom is 0.0440 e. The molecule has 2 fully saturated rings. The van der Waals surface area contributed by atoms with Crippen LogP contribution in [0.3, 0.4) is 0 Å². The van der Waals surface area contributed by atoms with Crippen molar-refractivity contribution in [3.8, 4) is 22.3 Å². The largest absolute Gasteiger partial charge is 1.00 e. The van der Waals surface area contributed by atoms with Crippen LogP contribution in [-0.2, 0) is 20.4 Å². The molecule has 0 radical (unpaired) electrons. The third-order valence-corrected chi connectivity index (χ3v) is 12.4. The number of para-hydroxylation sites is 2. The monoisotopic (exact) mass is 703 g/mol. The minimum absolute atomic E-state index is 0. The van der Waals surface area contributed by atoms with Gasteiger partial charge in [0, 0.05) is 57.0 Å². The SMILES string of the molecule is CN(C)c1ccccc1-c1ccccc1P(C1CCCCC1)C1CCCCC1.Nc1ccccc1-c1ccccc1.[Cl-].[Pd]. The Labute approximate surface area is 281 Å². The van der Waals surface area contributed by atoms with Crippen molar-refractivity contribution in [1.29, 1.82) is 0 Å². The van der Waals surface area contributed by atoms with Crippen molar-refractivity contribution in [2.24, 2.45) is 0 Å². The maximum absolute atomic E-state index is 5.85. The van der Waals surface area contributed by atoms with Gasteiger partial charge < -0.3 is 23.0 Å². The van der Waals surface area contributed by atoms with Gasteiger partial charge in [0.2, 0.25) is 0 Å². The van der Waals surface area contributed by atoms with E-state index in [-0.39, 0.29) is 40.8 Å². The Hall–Kier alpha value is -2.14. The normalized spacial score (nSPS) is 15.4. The Morgan fingerprint density at radius 1 is 0.558 bits per heavy atom. The molecule has 0 saturated heterocycles. The third kappa shape index (κ3) is 9.19. The van der Waals surface area contributed by atoms with Crippen molar-refractivity contribution in [2.45, 2.75) is 75.5 Å². The second kappa shape index (κ2) is 18.0. The van der Waals surface area contributed by atoms with Crippen LogP contribution in [0.25, 0.3) is 22.3 Å². The fourth-order valence-corrected chi connectivity index (χ4v) is 10.8. The molecule has 232 valence electrons. The topological polar surface area (TPSA) is 29.3 Å². The van der Waals surface area contributed by atoms with E-state index in [9.17, 15) is 0 Å². The zero-order valence-corrected chi connectivity index (χ0v) is 28.9. The zero-order chi connectivity index (χ0) is 28.4. The van der Waals surface area contributed by atoms with E-state index in [0.29, 0.717) is 0 Å². The van der Waals surface area contributed by atoms with Crippen LogP contribution < -0.4 is 28.3 Å². The van der Waals surface area contributed by atoms with Crippen LogP contribution in [0.1, 0.15) is 64.2 Å². The number of hydrogen-bond acceptors (Lipinski definition) is 2. The van der Waals surface area contributed by atoms with E-state index in [0.717, 1.165) is 22.6 Å². The van der Waals surface area contributed by atoms with Gasteiger partial charge >= 0.3 is 0 Å². The van der Waals surface area contributed by atoms with Gasteiger partial charge in [-0.25, -0.2) is 0 Å². The summed E-state index contributed by atoms with van der Waals surface area (Å²) in [5, 5.41) is 1.70. The fraction of sp³-hybridized carbons (Fsp3) is 0.368. The first-order chi connectivity index (χ1) is 20.1. The summed E-state index contributed by atoms with van der Waals surface area (Å²) in [4.78, 5) is 2.27. The van der Waals surface area contributed by atoms with E-state index in [1.807, 2.05) is 42.5 Å². The second-order valence-corrected chi connectivity index (χ2v) is 14.6. The van der Waals surface area contributed by atoms with Gasteiger partial charge in [-0.1, -0.05) is 137 Å². The van der Waals surface area contributed by atoms with Crippen molar-refractivity contribution in [3.63, 3.8) is 0 Å². The molecule has 2 nitrogen and oxygen atoms in total. The van der Waals surface area contributed by atoms with Crippen LogP contribution in [0.4, 0.5) is 11.4 Å². The first-order valence-corrected chi connectivity index (χ1v) is 17.2. The van der Waals surface area contributed by atoms with Gasteiger partial charge in [-0.15, -0.1) is 0 Å². The molecule has 0 heterocycles. The van der Waals surface area contributed by atoms with E-state index in [4.69, 9.17) is 5.73 Å². The number of hydrogen-bond donors (Lipinski definition) is 1. The van der Waals surface area contributed by atoms with E-state index in [1.54, 1.807) is 5.30 Å². The Morgan fingerprint density at radius 2 is 1.02 bits per heavy atom. The van der Waals surface area contributed by atoms with Crippen LogP contribution >= 0.6 is 7.92 Å². The third-order valence-electron chi connectivity index (χ3n) is 8.84. The van der Waals surface area contributed by atoms with Gasteiger partial charge in [-0.3, -0.25) is 0 Å². The Bertz CT molecular complexity index is 1350. The summed E-state index contributed by atoms with van der Waals surface area (Å²) in [5.74, 6) is 0. The average molecular weight is 705 g/mol. The van der Waals surface area contributed by atoms with Crippen molar-refractivity contribution >= 4 is 24.6 Å². The molecule has 0 bridgehead atoms. The minimum atomic E-state index is -0.0867. The summed E-state index contributed by atoms with van der Waals surface area (Å²) in [6, 6.07) is 36.5. The van der Waals surface area contributed by atoms with Gasteiger partial charge in [0.25, 0.3) is 0 Å². The first-order valence-electron chi connectivity index (χ1n) is 15.7. The van der Waals surface area contributed by atoms with Gasteiger partial charge in [0.05, 0.1) is 0 Å². The predicted molar refractivity (Wildman–Crippen MR) is 183 cm³/mol. The summed E-state index contributed by atoms with van der Waals surface area (Å²) in [5.41, 5.74) is 15.1. The number of nitrogens with zero attached hydrogens (tertiary/aromatic N) is 1. The number of halogens is 1. The molecule has 43 heavy (non-hydrogen) atoms. The summed E-state index contributed by atoms with van der Waals surface area (Å²) in [7, 11) is 4.26. The van der Waals surface area contributed by atoms with Crippen molar-refractivity contribution < 1.29 is 32.8 Å². The van der Waals surface area contributed by atoms with Crippen molar-refractivity contribution in [2.75, 3.05) is 24.7 Å². The Morgan fingerprint density at radius 3 is 1.58 bits per heavy atom. The smallest absolute Gasteiger partial charge is 0.0440 e. The van der Waals surface area contributed by atoms with E-state index in [2.05, 4.69) is 79.7 Å². The maximum atomic E-state index is 5.85. The molecule has 0 unspecified atom stereocenters. The zero-order valence-electron chi connectivity index (χ0n) is 25.7. The number of benzene rings is 4. The molecule has 0 amide bonds. The molecule has 4 aromatic rings. The summed E-state index contributed by atoms with van der Waals surface area (Å²) < 4.78 is 0. The standard InChI is InChI=1S/C26H36NP.C12H11N.ClH.Pd/c1-27(2)25-19-11-9-17-23(25)24-18-10-12-20-26(24)28(21-13-5-3-6-14-21)22-15-7-4-8-16-22;13-12-9-5-4-8-11(12)10-6-2-1-3-7-10;;/h9-12,17-22H,3-8,13-16H2,1-2H3;1-9H,13H2;1H;/p-1. The van der Waals surface area contributed by atoms with Crippen molar-refractivity contribution in [3.05, 3.63) is 103 Å². The van der Waals surface area contributed by atoms with E-state index in [1.165, 1.54) is 86.6 Å². The fourth-order valence-electron chi connectivity index (χ4n) is 6.81. The molecule has 5 heteroatoms. The molecule has 2 aliphatic carbocycles. The Kier molecular flexibility index (Phi) is 14.8. The number of nitrogen functional groups attached to an aromatic ring is 1. The molecule has 6 rings (SSSR count). The molecule has 2 saturated carbocycles. The number of nitrogens with two attached hydrogens (primary N) is 1. The molecule has 2 aliphatic rings. The van der Waals surface area contributed by atoms with E-state index < -0.39 is 0 Å². The number of anilines is 2. The molecule has 0 spiro atoms. The van der Waals surface area contributed by atoms with Crippen LogP contribution in [0.5, 0.6) is 0 Å². The number of rotatable bonds is 6. The van der Waals surface area contributed by atoms with Crippen molar-refractivity contribution in [1.82, 2.24) is 0 Å². The molecule has 0 atom stereocenters. The van der Waals surface area contributed by atoms with E-state index >= 15 is 0 Å². The molecule has 2 N–H and O–H groups in total. The van der Waals surface area contributed by atoms with Gasteiger partial charge in [0.15, 0.2) is 0 Å². The van der Waals surface area contributed by atoms with Gasteiger partial charge in [0.1, 0.15) is 0 Å². The summed E-state index contributed by atoms with van der Waals surface area (Å²) >= 11 is 0. The summed E-state index contributed by atoms with van der Waals surface area (Å²) in [6.07, 6.45) is 14.6. The van der Waals surface area contributed by atoms with Crippen LogP contribution in [-0.4, -0.2) is 25.4 Å². The quantitative estimate of drug-likeness (QED) is 0.132. The molecular weight excluding hydrogens is 657 g/mol. The molecule has 4 aromatic carbocycles. The van der Waals surface area contributed by atoms with Crippen LogP contribution in [0.2, 0.25) is 0 Å². The van der Waals surface area contributed by atoms with Crippen LogP contribution in [0, 0.1) is 0 Å². The summed E-state index contributed by atoms with van der Waals surface area (Å²) in [6.45, 7) is 0. The molecular formula is C38H47ClN2PPd-. The Balaban J connectivity index is 0.000000285. The second-order valence-electron chi connectivity index (χ2n) is 11.9. The molecule has 0 aromatic heterocycles. The average Bonchev–Trinajstić information content (AvgIpc) is 3.03. The van der Waals surface area contributed by atoms with Gasteiger partial charge in [-0.2, -0.15) is 0 Å².